The van der Waals surface area contributed by atoms with E-state index in [0.29, 0.717) is 0 Å². The van der Waals surface area contributed by atoms with Gasteiger partial charge in [0.05, 0.1) is 6.04 Å². The third kappa shape index (κ3) is 7.93. The number of nitrogens with zero attached hydrogens (tertiary/aromatic N) is 1. The van der Waals surface area contributed by atoms with Crippen molar-refractivity contribution in [3.05, 3.63) is 0 Å². The molecule has 0 aromatic rings. The van der Waals surface area contributed by atoms with Gasteiger partial charge < -0.3 is 36.0 Å². The number of carbonyl (C=O) groups excluding carboxylic acids is 2. The minimum absolute atomic E-state index is 0.197. The molecule has 0 aromatic heterocycles. The summed E-state index contributed by atoms with van der Waals surface area (Å²) in [6, 6.07) is -2.69. The number of likely N-dealkylation sites (N-methyl/N-ethyl adjacent to an activating group) is 1. The number of aliphatic carboxylic acids is 2. The van der Waals surface area contributed by atoms with E-state index in [1.807, 2.05) is 5.32 Å². The molecule has 2 atom stereocenters. The lowest BCUT2D eigenvalue weighted by Crippen LogP contribution is -2.55. The van der Waals surface area contributed by atoms with Gasteiger partial charge in [0, 0.05) is 13.5 Å². The average molecular weight is 350 g/mol. The summed E-state index contributed by atoms with van der Waals surface area (Å²) in [5.41, 5.74) is 5.57. The maximum Gasteiger partial charge on any atom is 0.505 e. The highest BCUT2D eigenvalue weighted by molar-refractivity contribution is 5.91. The van der Waals surface area contributed by atoms with Crippen molar-refractivity contribution in [1.82, 2.24) is 10.2 Å². The number of carboxylic acids is 2. The second-order valence-corrected chi connectivity index (χ2v) is 4.68. The van der Waals surface area contributed by atoms with Crippen LogP contribution in [0.15, 0.2) is 0 Å². The van der Waals surface area contributed by atoms with Gasteiger partial charge in [-0.15, -0.1) is 0 Å². The van der Waals surface area contributed by atoms with Crippen molar-refractivity contribution in [2.75, 3.05) is 20.2 Å². The normalized spacial score (nSPS) is 13.0. The molecule has 24 heavy (non-hydrogen) atoms. The lowest BCUT2D eigenvalue weighted by Gasteiger charge is -2.28. The molecule has 6 N–H and O–H groups in total. The number of nitrogens with two attached hydrogens (primary N) is 1. The van der Waals surface area contributed by atoms with E-state index in [2.05, 4.69) is 9.85 Å². The van der Waals surface area contributed by atoms with Gasteiger partial charge in [-0.1, -0.05) is 0 Å². The molecule has 0 heterocycles. The van der Waals surface area contributed by atoms with E-state index in [-0.39, 0.29) is 12.8 Å². The molecular weight excluding hydrogens is 330 g/mol. The molecule has 0 aliphatic rings. The zero-order valence-electron chi connectivity index (χ0n) is 13.8. The van der Waals surface area contributed by atoms with Crippen molar-refractivity contribution in [3.63, 3.8) is 0 Å². The van der Waals surface area contributed by atoms with Crippen LogP contribution in [0.25, 0.3) is 1.43 Å². The molecule has 0 aliphatic carbocycles. The van der Waals surface area contributed by atoms with Crippen molar-refractivity contribution in [2.24, 2.45) is 5.73 Å². The van der Waals surface area contributed by atoms with Crippen LogP contribution in [0.5, 0.6) is 0 Å². The number of nitrogens with one attached hydrogen (secondary N) is 1. The SMILES string of the molecule is [2H]OC(=O)OC[C@@H](C(=O)NCC(=O)O)N(C)C(=O)C(N)CCC(=O)O. The topological polar surface area (TPSA) is 197 Å². The van der Waals surface area contributed by atoms with E-state index in [0.717, 1.165) is 11.9 Å². The van der Waals surface area contributed by atoms with Crippen LogP contribution in [-0.2, 0) is 23.9 Å². The third-order valence-electron chi connectivity index (χ3n) is 2.88. The van der Waals surface area contributed by atoms with E-state index in [4.69, 9.17) is 17.4 Å². The monoisotopic (exact) mass is 350 g/mol. The molecule has 0 radical (unpaired) electrons. The van der Waals surface area contributed by atoms with Crippen molar-refractivity contribution in [3.8, 4) is 0 Å². The summed E-state index contributed by atoms with van der Waals surface area (Å²) in [4.78, 5) is 56.8. The molecule has 0 aliphatic heterocycles. The highest BCUT2D eigenvalue weighted by Crippen LogP contribution is 2.05. The van der Waals surface area contributed by atoms with Gasteiger partial charge in [0.15, 0.2) is 0 Å². The summed E-state index contributed by atoms with van der Waals surface area (Å²) >= 11 is 0. The fraction of sp³-hybridized carbons (Fsp3) is 0.583. The quantitative estimate of drug-likeness (QED) is 0.272. The molecule has 0 saturated heterocycles. The molecule has 136 valence electrons. The first-order chi connectivity index (χ1) is 11.6. The van der Waals surface area contributed by atoms with Gasteiger partial charge in [-0.3, -0.25) is 19.2 Å². The molecule has 0 saturated carbocycles. The predicted molar refractivity (Wildman–Crippen MR) is 76.0 cm³/mol. The van der Waals surface area contributed by atoms with Gasteiger partial charge in [-0.2, -0.15) is 0 Å². The van der Waals surface area contributed by atoms with E-state index < -0.39 is 55.1 Å². The Balaban J connectivity index is 5.03. The smallest absolute Gasteiger partial charge is 0.481 e. The molecule has 0 fully saturated rings. The van der Waals surface area contributed by atoms with Crippen LogP contribution < -0.4 is 11.1 Å². The van der Waals surface area contributed by atoms with Gasteiger partial charge >= 0.3 is 19.5 Å². The lowest BCUT2D eigenvalue weighted by molar-refractivity contribution is -0.143. The number of hydrogen-bond acceptors (Lipinski definition) is 8. The summed E-state index contributed by atoms with van der Waals surface area (Å²) < 4.78 is 10.8. The van der Waals surface area contributed by atoms with Gasteiger partial charge in [-0.05, 0) is 6.42 Å². The molecule has 12 nitrogen and oxygen atoms in total. The van der Waals surface area contributed by atoms with Crippen LogP contribution in [-0.4, -0.2) is 82.4 Å². The first-order valence-corrected chi connectivity index (χ1v) is 6.63. The van der Waals surface area contributed by atoms with Crippen molar-refractivity contribution >= 4 is 29.9 Å². The molecular formula is C12H19N3O9. The van der Waals surface area contributed by atoms with Crippen LogP contribution in [0.4, 0.5) is 4.79 Å². The molecule has 0 aromatic carbocycles. The van der Waals surface area contributed by atoms with E-state index >= 15 is 0 Å². The van der Waals surface area contributed by atoms with Crippen LogP contribution in [0.2, 0.25) is 0 Å². The number of amides is 2. The summed E-state index contributed by atoms with van der Waals surface area (Å²) in [6.07, 6.45) is -2.01. The predicted octanol–water partition coefficient (Wildman–Crippen LogP) is -2.10. The van der Waals surface area contributed by atoms with E-state index in [1.165, 1.54) is 0 Å². The minimum Gasteiger partial charge on any atom is -0.481 e. The fourth-order valence-corrected chi connectivity index (χ4v) is 1.61. The van der Waals surface area contributed by atoms with Crippen LogP contribution >= 0.6 is 0 Å². The largest absolute Gasteiger partial charge is 0.505 e. The molecule has 12 heteroatoms. The Morgan fingerprint density at radius 3 is 2.38 bits per heavy atom. The van der Waals surface area contributed by atoms with Gasteiger partial charge in [0.1, 0.15) is 19.2 Å². The lowest BCUT2D eigenvalue weighted by atomic mass is 10.1. The van der Waals surface area contributed by atoms with Crippen LogP contribution in [0, 0.1) is 0 Å². The molecule has 0 bridgehead atoms. The number of ether oxygens (including phenoxy) is 1. The second kappa shape index (κ2) is 9.99. The van der Waals surface area contributed by atoms with E-state index in [1.54, 1.807) is 0 Å². The van der Waals surface area contributed by atoms with E-state index in [9.17, 15) is 24.0 Å². The van der Waals surface area contributed by atoms with Gasteiger partial charge in [0.25, 0.3) is 0 Å². The van der Waals surface area contributed by atoms with Crippen LogP contribution in [0.1, 0.15) is 12.8 Å². The average Bonchev–Trinajstić information content (AvgIpc) is 2.56. The highest BCUT2D eigenvalue weighted by atomic mass is 16.7. The molecule has 0 rings (SSSR count). The third-order valence-corrected chi connectivity index (χ3v) is 2.88. The maximum atomic E-state index is 12.2. The Labute approximate surface area is 137 Å². The number of rotatable bonds is 10. The minimum atomic E-state index is -1.46. The fourth-order valence-electron chi connectivity index (χ4n) is 1.61. The summed E-state index contributed by atoms with van der Waals surface area (Å²) in [6.45, 7) is -1.47. The second-order valence-electron chi connectivity index (χ2n) is 4.68. The zero-order chi connectivity index (χ0) is 19.6. The summed E-state index contributed by atoms with van der Waals surface area (Å²) in [5, 5.41) is 22.6. The number of carbonyl (C=O) groups is 5. The Kier molecular flexibility index (Phi) is 7.98. The molecule has 0 spiro atoms. The summed E-state index contributed by atoms with van der Waals surface area (Å²) in [7, 11) is 1.14. The Bertz CT molecular complexity index is 528. The first kappa shape index (κ1) is 19.2. The van der Waals surface area contributed by atoms with Gasteiger partial charge in [0.2, 0.25) is 11.8 Å². The Hall–Kier alpha value is -2.89. The highest BCUT2D eigenvalue weighted by Gasteiger charge is 2.31. The molecule has 1 unspecified atom stereocenters. The first-order valence-electron chi connectivity index (χ1n) is 7.04. The Morgan fingerprint density at radius 1 is 1.25 bits per heavy atom. The summed E-state index contributed by atoms with van der Waals surface area (Å²) in [5.74, 6) is -4.28. The standard InChI is InChI=1S/C12H19N3O9/c1-15(11(21)6(13)2-3-8(16)17)7(5-24-12(22)23)10(20)14-4-9(18)19/h6-7H,2-5,13H2,1H3,(H,14,20)(H,16,17)(H,18,19)(H,22,23)/t6?,7-/m0/s1/i/hD. The van der Waals surface area contributed by atoms with Crippen molar-refractivity contribution in [1.29, 1.82) is 1.43 Å². The zero-order valence-corrected chi connectivity index (χ0v) is 12.8. The number of hydrogen-bond donors (Lipinski definition) is 5. The van der Waals surface area contributed by atoms with Crippen molar-refractivity contribution in [2.45, 2.75) is 24.9 Å². The molecule has 2 amide bonds. The number of carboxylic acid groups (broad SMARTS) is 3. The maximum absolute atomic E-state index is 12.2. The van der Waals surface area contributed by atoms with Gasteiger partial charge in [-0.25, -0.2) is 4.79 Å². The Morgan fingerprint density at radius 2 is 1.88 bits per heavy atom. The van der Waals surface area contributed by atoms with Crippen molar-refractivity contribution < 1.29 is 44.0 Å². The van der Waals surface area contributed by atoms with Crippen LogP contribution in [0.3, 0.4) is 0 Å².